The molecule has 1 aliphatic rings. The number of aliphatic hydroxyl groups excluding tert-OH is 1. The van der Waals surface area contributed by atoms with E-state index in [-0.39, 0.29) is 5.76 Å². The molecule has 0 bridgehead atoms. The summed E-state index contributed by atoms with van der Waals surface area (Å²) in [6, 6.07) is 0. The molecule has 0 aliphatic carbocycles. The minimum atomic E-state index is -0.555. The summed E-state index contributed by atoms with van der Waals surface area (Å²) in [6.45, 7) is 0. The van der Waals surface area contributed by atoms with Crippen LogP contribution in [0.5, 0.6) is 0 Å². The summed E-state index contributed by atoms with van der Waals surface area (Å²) in [5, 5.41) is 11.7. The van der Waals surface area contributed by atoms with Crippen LogP contribution in [0.25, 0.3) is 0 Å². The van der Waals surface area contributed by atoms with Crippen molar-refractivity contribution >= 4 is 0 Å². The number of aliphatic hydroxyl groups is 1. The van der Waals surface area contributed by atoms with Crippen LogP contribution in [0.3, 0.4) is 0 Å². The second-order valence-electron chi connectivity index (χ2n) is 1.56. The summed E-state index contributed by atoms with van der Waals surface area (Å²) in [5.41, 5.74) is 6.50. The van der Waals surface area contributed by atoms with Gasteiger partial charge in [0, 0.05) is 0 Å². The molecule has 9 heavy (non-hydrogen) atoms. The molecule has 0 saturated heterocycles. The maximum absolute atomic E-state index is 8.67. The Morgan fingerprint density at radius 2 is 2.56 bits per heavy atom. The topological polar surface area (TPSA) is 65.7 Å². The van der Waals surface area contributed by atoms with Crippen LogP contribution in [-0.4, -0.2) is 11.3 Å². The highest BCUT2D eigenvalue weighted by Crippen LogP contribution is 2.06. The van der Waals surface area contributed by atoms with Crippen LogP contribution < -0.4 is 0 Å². The molecular weight excluding hydrogens is 120 g/mol. The number of allylic oxidation sites excluding steroid dienone is 1. The van der Waals surface area contributed by atoms with E-state index < -0.39 is 6.23 Å². The SMILES string of the molecule is N=NC1C=CC(O)=CO1. The molecule has 2 N–H and O–H groups in total. The summed E-state index contributed by atoms with van der Waals surface area (Å²) in [4.78, 5) is 0. The molecule has 0 aromatic carbocycles. The Hall–Kier alpha value is -1.32. The highest BCUT2D eigenvalue weighted by Gasteiger charge is 2.04. The third-order valence-corrected chi connectivity index (χ3v) is 0.887. The van der Waals surface area contributed by atoms with E-state index in [9.17, 15) is 0 Å². The average molecular weight is 126 g/mol. The highest BCUT2D eigenvalue weighted by atomic mass is 16.5. The summed E-state index contributed by atoms with van der Waals surface area (Å²) in [5.74, 6) is 0.0508. The average Bonchev–Trinajstić information content (AvgIpc) is 1.90. The molecule has 0 radical (unpaired) electrons. The first kappa shape index (κ1) is 5.81. The number of rotatable bonds is 1. The van der Waals surface area contributed by atoms with Gasteiger partial charge in [0.2, 0.25) is 6.23 Å². The van der Waals surface area contributed by atoms with Crippen LogP contribution >= 0.6 is 0 Å². The lowest BCUT2D eigenvalue weighted by atomic mass is 10.4. The summed E-state index contributed by atoms with van der Waals surface area (Å²) >= 11 is 0. The fourth-order valence-electron chi connectivity index (χ4n) is 0.478. The van der Waals surface area contributed by atoms with E-state index >= 15 is 0 Å². The predicted octanol–water partition coefficient (Wildman–Crippen LogP) is 1.33. The Morgan fingerprint density at radius 3 is 3.00 bits per heavy atom. The summed E-state index contributed by atoms with van der Waals surface area (Å²) in [7, 11) is 0. The normalized spacial score (nSPS) is 24.4. The number of hydrogen-bond acceptors (Lipinski definition) is 4. The van der Waals surface area contributed by atoms with Gasteiger partial charge in [-0.25, -0.2) is 5.53 Å². The van der Waals surface area contributed by atoms with E-state index in [2.05, 4.69) is 9.85 Å². The zero-order valence-electron chi connectivity index (χ0n) is 4.61. The van der Waals surface area contributed by atoms with Gasteiger partial charge in [-0.05, 0) is 12.2 Å². The van der Waals surface area contributed by atoms with Crippen molar-refractivity contribution in [3.63, 3.8) is 0 Å². The van der Waals surface area contributed by atoms with Crippen LogP contribution in [0.4, 0.5) is 0 Å². The maximum Gasteiger partial charge on any atom is 0.227 e. The van der Waals surface area contributed by atoms with E-state index in [0.717, 1.165) is 6.26 Å². The number of nitrogens with one attached hydrogen (secondary N) is 1. The molecule has 48 valence electrons. The van der Waals surface area contributed by atoms with Crippen LogP contribution in [0.2, 0.25) is 0 Å². The Labute approximate surface area is 52.0 Å². The molecule has 0 saturated carbocycles. The van der Waals surface area contributed by atoms with Gasteiger partial charge in [0.25, 0.3) is 0 Å². The van der Waals surface area contributed by atoms with Gasteiger partial charge in [-0.2, -0.15) is 0 Å². The Balaban J connectivity index is 2.58. The molecule has 0 aromatic heterocycles. The number of ether oxygens (including phenoxy) is 1. The molecule has 1 heterocycles. The van der Waals surface area contributed by atoms with Crippen molar-refractivity contribution in [2.45, 2.75) is 6.23 Å². The van der Waals surface area contributed by atoms with Crippen molar-refractivity contribution in [1.29, 1.82) is 5.53 Å². The molecule has 1 aliphatic heterocycles. The Kier molecular flexibility index (Phi) is 1.48. The van der Waals surface area contributed by atoms with Gasteiger partial charge in [0.15, 0.2) is 0 Å². The summed E-state index contributed by atoms with van der Waals surface area (Å²) in [6.07, 6.45) is 3.53. The molecule has 0 aromatic rings. The van der Waals surface area contributed by atoms with Crippen molar-refractivity contribution in [2.75, 3.05) is 0 Å². The monoisotopic (exact) mass is 126 g/mol. The minimum Gasteiger partial charge on any atom is -0.505 e. The molecule has 0 spiro atoms. The third kappa shape index (κ3) is 1.28. The molecule has 4 heteroatoms. The van der Waals surface area contributed by atoms with Crippen LogP contribution in [-0.2, 0) is 4.74 Å². The molecular formula is C5H6N2O2. The standard InChI is InChI=1S/C5H6N2O2/c6-7-5-2-1-4(8)3-9-5/h1-3,5-6,8H. The van der Waals surface area contributed by atoms with Crippen molar-refractivity contribution < 1.29 is 9.84 Å². The quantitative estimate of drug-likeness (QED) is 0.520. The Morgan fingerprint density at radius 1 is 1.78 bits per heavy atom. The zero-order valence-corrected chi connectivity index (χ0v) is 4.61. The lowest BCUT2D eigenvalue weighted by Crippen LogP contribution is -2.04. The van der Waals surface area contributed by atoms with Crippen LogP contribution in [0, 0.1) is 5.53 Å². The molecule has 1 unspecified atom stereocenters. The lowest BCUT2D eigenvalue weighted by Gasteiger charge is -2.08. The van der Waals surface area contributed by atoms with Crippen molar-refractivity contribution in [2.24, 2.45) is 5.11 Å². The van der Waals surface area contributed by atoms with Crippen molar-refractivity contribution in [3.05, 3.63) is 24.2 Å². The molecule has 0 amide bonds. The first-order valence-corrected chi connectivity index (χ1v) is 2.42. The second kappa shape index (κ2) is 2.30. The van der Waals surface area contributed by atoms with Gasteiger partial charge in [-0.3, -0.25) is 0 Å². The highest BCUT2D eigenvalue weighted by molar-refractivity contribution is 5.12. The van der Waals surface area contributed by atoms with E-state index in [1.165, 1.54) is 12.2 Å². The predicted molar refractivity (Wildman–Crippen MR) is 29.9 cm³/mol. The fourth-order valence-corrected chi connectivity index (χ4v) is 0.478. The fraction of sp³-hybridized carbons (Fsp3) is 0.200. The largest absolute Gasteiger partial charge is 0.505 e. The second-order valence-corrected chi connectivity index (χ2v) is 1.56. The first-order chi connectivity index (χ1) is 4.33. The maximum atomic E-state index is 8.67. The molecule has 1 atom stereocenters. The van der Waals surface area contributed by atoms with E-state index in [0.29, 0.717) is 0 Å². The molecule has 1 rings (SSSR count). The van der Waals surface area contributed by atoms with E-state index in [1.807, 2.05) is 0 Å². The van der Waals surface area contributed by atoms with E-state index in [4.69, 9.17) is 10.6 Å². The van der Waals surface area contributed by atoms with Crippen LogP contribution in [0.1, 0.15) is 0 Å². The van der Waals surface area contributed by atoms with Gasteiger partial charge in [-0.15, -0.1) is 5.11 Å². The van der Waals surface area contributed by atoms with Gasteiger partial charge >= 0.3 is 0 Å². The van der Waals surface area contributed by atoms with Gasteiger partial charge in [0.05, 0.1) is 0 Å². The molecule has 0 fully saturated rings. The van der Waals surface area contributed by atoms with Gasteiger partial charge in [0.1, 0.15) is 12.0 Å². The number of nitrogens with zero attached hydrogens (tertiary/aromatic N) is 1. The summed E-state index contributed by atoms with van der Waals surface area (Å²) < 4.78 is 4.69. The number of hydrogen-bond donors (Lipinski definition) is 2. The van der Waals surface area contributed by atoms with Gasteiger partial charge < -0.3 is 9.84 Å². The first-order valence-electron chi connectivity index (χ1n) is 2.42. The van der Waals surface area contributed by atoms with Crippen LogP contribution in [0.15, 0.2) is 29.3 Å². The smallest absolute Gasteiger partial charge is 0.227 e. The lowest BCUT2D eigenvalue weighted by molar-refractivity contribution is 0.166. The minimum absolute atomic E-state index is 0.0508. The molecule has 4 nitrogen and oxygen atoms in total. The zero-order chi connectivity index (χ0) is 6.69. The third-order valence-electron chi connectivity index (χ3n) is 0.887. The van der Waals surface area contributed by atoms with Crippen molar-refractivity contribution in [1.82, 2.24) is 0 Å². The van der Waals surface area contributed by atoms with Crippen molar-refractivity contribution in [3.8, 4) is 0 Å². The van der Waals surface area contributed by atoms with E-state index in [1.54, 1.807) is 0 Å². The Bertz CT molecular complexity index is 174. The van der Waals surface area contributed by atoms with Gasteiger partial charge in [-0.1, -0.05) is 0 Å².